The lowest BCUT2D eigenvalue weighted by Gasteiger charge is -2.34. The molecule has 7 nitrogen and oxygen atoms in total. The van der Waals surface area contributed by atoms with Gasteiger partial charge >= 0.3 is 0 Å². The van der Waals surface area contributed by atoms with Crippen LogP contribution in [0, 0.1) is 0 Å². The van der Waals surface area contributed by atoms with Gasteiger partial charge in [-0.3, -0.25) is 14.5 Å². The van der Waals surface area contributed by atoms with Crippen molar-refractivity contribution in [2.45, 2.75) is 6.54 Å². The number of ether oxygens (including phenoxy) is 2. The molecule has 0 saturated carbocycles. The molecular weight excluding hydrogens is 322 g/mol. The van der Waals surface area contributed by atoms with Crippen LogP contribution < -0.4 is 5.32 Å². The van der Waals surface area contributed by atoms with Gasteiger partial charge in [-0.15, -0.1) is 0 Å². The summed E-state index contributed by atoms with van der Waals surface area (Å²) < 4.78 is 10.5. The Kier molecular flexibility index (Phi) is 5.90. The Balaban J connectivity index is 1.39. The highest BCUT2D eigenvalue weighted by Gasteiger charge is 2.26. The molecule has 0 bridgehead atoms. The van der Waals surface area contributed by atoms with Gasteiger partial charge in [0.2, 0.25) is 11.7 Å². The molecule has 0 spiro atoms. The van der Waals surface area contributed by atoms with E-state index in [-0.39, 0.29) is 17.6 Å². The van der Waals surface area contributed by atoms with Crippen molar-refractivity contribution in [1.29, 1.82) is 0 Å². The monoisotopic (exact) mass is 345 g/mol. The van der Waals surface area contributed by atoms with Crippen LogP contribution in [0.1, 0.15) is 5.56 Å². The minimum absolute atomic E-state index is 0.00430. The standard InChI is InChI=1S/C18H23N3O4/c22-17(19-12-15-4-2-1-3-5-15)13-20-6-8-21(9-7-20)18(23)16-14-24-10-11-25-16/h1-5,14H,6-13H2,(H,19,22). The summed E-state index contributed by atoms with van der Waals surface area (Å²) >= 11 is 0. The Bertz CT molecular complexity index is 624. The smallest absolute Gasteiger partial charge is 0.292 e. The van der Waals surface area contributed by atoms with Crippen molar-refractivity contribution >= 4 is 11.8 Å². The van der Waals surface area contributed by atoms with Crippen LogP contribution in [-0.2, 0) is 25.6 Å². The maximum Gasteiger partial charge on any atom is 0.292 e. The maximum atomic E-state index is 12.3. The molecule has 0 radical (unpaired) electrons. The molecule has 2 amide bonds. The average Bonchev–Trinajstić information content (AvgIpc) is 2.68. The van der Waals surface area contributed by atoms with E-state index in [1.807, 2.05) is 30.3 Å². The van der Waals surface area contributed by atoms with E-state index in [1.165, 1.54) is 6.26 Å². The largest absolute Gasteiger partial charge is 0.494 e. The summed E-state index contributed by atoms with van der Waals surface area (Å²) in [4.78, 5) is 28.2. The summed E-state index contributed by atoms with van der Waals surface area (Å²) in [7, 11) is 0. The zero-order valence-electron chi connectivity index (χ0n) is 14.1. The quantitative estimate of drug-likeness (QED) is 0.833. The van der Waals surface area contributed by atoms with Crippen LogP contribution in [0.5, 0.6) is 0 Å². The van der Waals surface area contributed by atoms with E-state index in [0.29, 0.717) is 52.5 Å². The summed E-state index contributed by atoms with van der Waals surface area (Å²) in [6, 6.07) is 9.82. The predicted octanol–water partition coefficient (Wildman–Crippen LogP) is 0.335. The van der Waals surface area contributed by atoms with Gasteiger partial charge in [0.25, 0.3) is 5.91 Å². The van der Waals surface area contributed by atoms with Gasteiger partial charge in [0.15, 0.2) is 0 Å². The van der Waals surface area contributed by atoms with Crippen LogP contribution in [0.25, 0.3) is 0 Å². The highest BCUT2D eigenvalue weighted by atomic mass is 16.6. The van der Waals surface area contributed by atoms with Crippen molar-refractivity contribution in [3.63, 3.8) is 0 Å². The van der Waals surface area contributed by atoms with Crippen molar-refractivity contribution in [3.05, 3.63) is 47.9 Å². The first kappa shape index (κ1) is 17.3. The summed E-state index contributed by atoms with van der Waals surface area (Å²) in [5.74, 6) is 0.114. The summed E-state index contributed by atoms with van der Waals surface area (Å²) in [6.45, 7) is 4.23. The van der Waals surface area contributed by atoms with Crippen molar-refractivity contribution in [1.82, 2.24) is 15.1 Å². The van der Waals surface area contributed by atoms with E-state index in [4.69, 9.17) is 9.47 Å². The molecule has 2 aliphatic rings. The van der Waals surface area contributed by atoms with Crippen molar-refractivity contribution in [2.24, 2.45) is 0 Å². The Hall–Kier alpha value is -2.54. The van der Waals surface area contributed by atoms with E-state index < -0.39 is 0 Å². The molecule has 0 aromatic heterocycles. The van der Waals surface area contributed by atoms with E-state index in [1.54, 1.807) is 4.90 Å². The third-order valence-corrected chi connectivity index (χ3v) is 4.22. The molecule has 3 rings (SSSR count). The molecule has 1 aromatic carbocycles. The molecule has 0 unspecified atom stereocenters. The third kappa shape index (κ3) is 4.96. The van der Waals surface area contributed by atoms with Gasteiger partial charge in [-0.2, -0.15) is 0 Å². The zero-order valence-corrected chi connectivity index (χ0v) is 14.1. The molecule has 1 fully saturated rings. The molecular formula is C18H23N3O4. The molecule has 1 N–H and O–H groups in total. The molecule has 2 heterocycles. The van der Waals surface area contributed by atoms with Crippen molar-refractivity contribution < 1.29 is 19.1 Å². The summed E-state index contributed by atoms with van der Waals surface area (Å²) in [6.07, 6.45) is 1.38. The lowest BCUT2D eigenvalue weighted by atomic mass is 10.2. The number of carbonyl (C=O) groups excluding carboxylic acids is 2. The summed E-state index contributed by atoms with van der Waals surface area (Å²) in [5, 5.41) is 2.93. The van der Waals surface area contributed by atoms with Gasteiger partial charge in [-0.25, -0.2) is 0 Å². The SMILES string of the molecule is O=C(CN1CCN(C(=O)C2=COCCO2)CC1)NCc1ccccc1. The maximum absolute atomic E-state index is 12.3. The molecule has 1 saturated heterocycles. The first-order valence-corrected chi connectivity index (χ1v) is 8.49. The second kappa shape index (κ2) is 8.53. The Morgan fingerprint density at radius 3 is 2.48 bits per heavy atom. The minimum Gasteiger partial charge on any atom is -0.494 e. The number of nitrogens with zero attached hydrogens (tertiary/aromatic N) is 2. The molecule has 2 aliphatic heterocycles. The zero-order chi connectivity index (χ0) is 17.5. The lowest BCUT2D eigenvalue weighted by molar-refractivity contribution is -0.134. The van der Waals surface area contributed by atoms with Gasteiger partial charge in [-0.1, -0.05) is 30.3 Å². The van der Waals surface area contributed by atoms with Crippen molar-refractivity contribution in [2.75, 3.05) is 45.9 Å². The van der Waals surface area contributed by atoms with E-state index in [2.05, 4.69) is 10.2 Å². The average molecular weight is 345 g/mol. The van der Waals surface area contributed by atoms with Gasteiger partial charge in [0.05, 0.1) is 6.54 Å². The number of amides is 2. The molecule has 0 atom stereocenters. The second-order valence-corrected chi connectivity index (χ2v) is 6.03. The number of hydrogen-bond acceptors (Lipinski definition) is 5. The first-order chi connectivity index (χ1) is 12.2. The van der Waals surface area contributed by atoms with Crippen LogP contribution in [-0.4, -0.2) is 67.6 Å². The van der Waals surface area contributed by atoms with E-state index >= 15 is 0 Å². The number of rotatable bonds is 5. The molecule has 0 aliphatic carbocycles. The van der Waals surface area contributed by atoms with E-state index in [0.717, 1.165) is 5.56 Å². The molecule has 25 heavy (non-hydrogen) atoms. The van der Waals surface area contributed by atoms with Crippen LogP contribution in [0.3, 0.4) is 0 Å². The van der Waals surface area contributed by atoms with Gasteiger partial charge in [0.1, 0.15) is 19.5 Å². The van der Waals surface area contributed by atoms with Gasteiger partial charge < -0.3 is 19.7 Å². The van der Waals surface area contributed by atoms with Crippen molar-refractivity contribution in [3.8, 4) is 0 Å². The number of benzene rings is 1. The highest BCUT2D eigenvalue weighted by Crippen LogP contribution is 2.11. The number of hydrogen-bond donors (Lipinski definition) is 1. The topological polar surface area (TPSA) is 71.1 Å². The lowest BCUT2D eigenvalue weighted by Crippen LogP contribution is -2.51. The van der Waals surface area contributed by atoms with Gasteiger partial charge in [-0.05, 0) is 5.56 Å². The Morgan fingerprint density at radius 1 is 1.04 bits per heavy atom. The number of nitrogens with one attached hydrogen (secondary N) is 1. The second-order valence-electron chi connectivity index (χ2n) is 6.03. The minimum atomic E-state index is -0.145. The highest BCUT2D eigenvalue weighted by molar-refractivity contribution is 5.91. The molecule has 7 heteroatoms. The normalized spacial score (nSPS) is 17.9. The Labute approximate surface area is 147 Å². The fraction of sp³-hybridized carbons (Fsp3) is 0.444. The predicted molar refractivity (Wildman–Crippen MR) is 91.3 cm³/mol. The third-order valence-electron chi connectivity index (χ3n) is 4.22. The summed E-state index contributed by atoms with van der Waals surface area (Å²) in [5.41, 5.74) is 1.08. The molecule has 1 aromatic rings. The number of piperazine rings is 1. The molecule has 134 valence electrons. The van der Waals surface area contributed by atoms with Gasteiger partial charge in [0, 0.05) is 32.7 Å². The first-order valence-electron chi connectivity index (χ1n) is 8.49. The fourth-order valence-corrected chi connectivity index (χ4v) is 2.80. The fourth-order valence-electron chi connectivity index (χ4n) is 2.80. The van der Waals surface area contributed by atoms with Crippen LogP contribution in [0.15, 0.2) is 42.4 Å². The Morgan fingerprint density at radius 2 is 1.80 bits per heavy atom. The number of carbonyl (C=O) groups is 2. The van der Waals surface area contributed by atoms with Crippen LogP contribution in [0.2, 0.25) is 0 Å². The van der Waals surface area contributed by atoms with Crippen LogP contribution >= 0.6 is 0 Å². The van der Waals surface area contributed by atoms with Crippen LogP contribution in [0.4, 0.5) is 0 Å². The van der Waals surface area contributed by atoms with E-state index in [9.17, 15) is 9.59 Å².